The summed E-state index contributed by atoms with van der Waals surface area (Å²) in [6.07, 6.45) is 0.983. The molecule has 2 heterocycles. The molecule has 2 rings (SSSR count). The van der Waals surface area contributed by atoms with Gasteiger partial charge < -0.3 is 9.47 Å². The van der Waals surface area contributed by atoms with Gasteiger partial charge in [-0.25, -0.2) is 0 Å². The van der Waals surface area contributed by atoms with Gasteiger partial charge in [-0.2, -0.15) is 0 Å². The fraction of sp³-hybridized carbons (Fsp3) is 0.636. The van der Waals surface area contributed by atoms with Crippen molar-refractivity contribution >= 4 is 23.9 Å². The van der Waals surface area contributed by atoms with E-state index in [2.05, 4.69) is 9.47 Å². The molecule has 0 aromatic rings. The molecule has 0 spiro atoms. The number of hydrogen-bond donors (Lipinski definition) is 0. The van der Waals surface area contributed by atoms with Gasteiger partial charge in [0.05, 0.1) is 13.1 Å². The largest absolute Gasteiger partial charge is 0.393 e. The van der Waals surface area contributed by atoms with Gasteiger partial charge in [0.2, 0.25) is 0 Å². The first-order valence-corrected chi connectivity index (χ1v) is 5.72. The van der Waals surface area contributed by atoms with E-state index < -0.39 is 23.9 Å². The van der Waals surface area contributed by atoms with Gasteiger partial charge in [-0.1, -0.05) is 0 Å². The minimum absolute atomic E-state index is 0.0663. The molecule has 0 unspecified atom stereocenters. The Labute approximate surface area is 103 Å². The zero-order valence-electron chi connectivity index (χ0n) is 9.72. The van der Waals surface area contributed by atoms with Crippen molar-refractivity contribution in [2.75, 3.05) is 19.6 Å². The lowest BCUT2D eigenvalue weighted by Gasteiger charge is -2.26. The number of nitrogens with zero attached hydrogens (tertiary/aromatic N) is 1. The second-order valence-corrected chi connectivity index (χ2v) is 4.47. The topological polar surface area (TPSA) is 90.0 Å². The van der Waals surface area contributed by atoms with Crippen molar-refractivity contribution < 1.29 is 28.7 Å². The molecule has 2 fully saturated rings. The number of carbonyl (C=O) groups is 4. The monoisotopic (exact) mass is 255 g/mol. The van der Waals surface area contributed by atoms with Gasteiger partial charge in [-0.3, -0.25) is 24.1 Å². The van der Waals surface area contributed by atoms with Crippen LogP contribution in [0, 0.1) is 5.92 Å². The average molecular weight is 255 g/mol. The molecular weight excluding hydrogens is 242 g/mol. The molecule has 98 valence electrons. The number of carbonyl (C=O) groups excluding carboxylic acids is 4. The van der Waals surface area contributed by atoms with Crippen molar-refractivity contribution in [3.63, 3.8) is 0 Å². The third-order valence-electron chi connectivity index (χ3n) is 2.93. The van der Waals surface area contributed by atoms with Crippen LogP contribution in [0.1, 0.15) is 19.3 Å². The van der Waals surface area contributed by atoms with Crippen LogP contribution in [0.5, 0.6) is 0 Å². The molecule has 7 nitrogen and oxygen atoms in total. The second-order valence-electron chi connectivity index (χ2n) is 4.47. The summed E-state index contributed by atoms with van der Waals surface area (Å²) in [6, 6.07) is 0. The summed E-state index contributed by atoms with van der Waals surface area (Å²) in [4.78, 5) is 45.8. The van der Waals surface area contributed by atoms with Crippen LogP contribution in [-0.2, 0) is 28.7 Å². The van der Waals surface area contributed by atoms with Gasteiger partial charge in [-0.05, 0) is 18.9 Å². The summed E-state index contributed by atoms with van der Waals surface area (Å²) < 4.78 is 8.82. The van der Waals surface area contributed by atoms with Crippen LogP contribution in [0.15, 0.2) is 0 Å². The molecular formula is C11H13NO6. The van der Waals surface area contributed by atoms with Crippen molar-refractivity contribution in [3.8, 4) is 0 Å². The predicted octanol–water partition coefficient (Wildman–Crippen LogP) is -0.758. The third-order valence-corrected chi connectivity index (χ3v) is 2.93. The smallest absolute Gasteiger partial charge is 0.327 e. The molecule has 2 aliphatic heterocycles. The number of morpholine rings is 1. The molecule has 2 aliphatic rings. The molecule has 0 N–H and O–H groups in total. The van der Waals surface area contributed by atoms with Crippen LogP contribution >= 0.6 is 0 Å². The second kappa shape index (κ2) is 5.26. The van der Waals surface area contributed by atoms with Gasteiger partial charge in [0, 0.05) is 12.8 Å². The van der Waals surface area contributed by atoms with Gasteiger partial charge in [-0.15, -0.1) is 0 Å². The zero-order valence-corrected chi connectivity index (χ0v) is 9.72. The maximum absolute atomic E-state index is 11.1. The van der Waals surface area contributed by atoms with Crippen molar-refractivity contribution in [1.29, 1.82) is 0 Å². The maximum atomic E-state index is 11.1. The van der Waals surface area contributed by atoms with E-state index in [1.54, 1.807) is 4.90 Å². The van der Waals surface area contributed by atoms with E-state index in [9.17, 15) is 19.2 Å². The molecule has 7 heteroatoms. The van der Waals surface area contributed by atoms with Crippen molar-refractivity contribution in [2.45, 2.75) is 19.3 Å². The first-order chi connectivity index (χ1) is 8.52. The highest BCUT2D eigenvalue weighted by Gasteiger charge is 2.29. The fourth-order valence-corrected chi connectivity index (χ4v) is 2.09. The number of ether oxygens (including phenoxy) is 2. The summed E-state index contributed by atoms with van der Waals surface area (Å²) in [5.74, 6) is -2.22. The Morgan fingerprint density at radius 3 is 1.94 bits per heavy atom. The van der Waals surface area contributed by atoms with Gasteiger partial charge in [0.25, 0.3) is 0 Å². The van der Waals surface area contributed by atoms with E-state index in [0.29, 0.717) is 13.0 Å². The summed E-state index contributed by atoms with van der Waals surface area (Å²) in [6.45, 7) is 0.611. The maximum Gasteiger partial charge on any atom is 0.327 e. The lowest BCUT2D eigenvalue weighted by Crippen LogP contribution is -2.43. The Morgan fingerprint density at radius 2 is 1.39 bits per heavy atom. The van der Waals surface area contributed by atoms with Gasteiger partial charge in [0.1, 0.15) is 0 Å². The zero-order chi connectivity index (χ0) is 13.1. The van der Waals surface area contributed by atoms with Crippen molar-refractivity contribution in [1.82, 2.24) is 4.90 Å². The van der Waals surface area contributed by atoms with Gasteiger partial charge in [0.15, 0.2) is 0 Å². The van der Waals surface area contributed by atoms with Crippen LogP contribution in [0.3, 0.4) is 0 Å². The quantitative estimate of drug-likeness (QED) is 0.483. The average Bonchev–Trinajstić information content (AvgIpc) is 2.23. The molecule has 0 bridgehead atoms. The van der Waals surface area contributed by atoms with E-state index in [1.165, 1.54) is 0 Å². The van der Waals surface area contributed by atoms with Crippen LogP contribution in [-0.4, -0.2) is 48.4 Å². The van der Waals surface area contributed by atoms with E-state index in [1.807, 2.05) is 0 Å². The van der Waals surface area contributed by atoms with Crippen LogP contribution in [0.4, 0.5) is 0 Å². The van der Waals surface area contributed by atoms with Crippen LogP contribution < -0.4 is 0 Å². The molecule has 0 amide bonds. The van der Waals surface area contributed by atoms with Crippen molar-refractivity contribution in [2.24, 2.45) is 5.92 Å². The Balaban J connectivity index is 1.80. The minimum atomic E-state index is -0.564. The molecule has 0 aromatic heterocycles. The van der Waals surface area contributed by atoms with Crippen LogP contribution in [0.2, 0.25) is 0 Å². The van der Waals surface area contributed by atoms with Gasteiger partial charge >= 0.3 is 23.9 Å². The van der Waals surface area contributed by atoms with E-state index in [-0.39, 0.29) is 31.8 Å². The molecule has 0 saturated carbocycles. The van der Waals surface area contributed by atoms with E-state index in [4.69, 9.17) is 0 Å². The summed E-state index contributed by atoms with van der Waals surface area (Å²) in [5, 5.41) is 0. The molecule has 0 radical (unpaired) electrons. The summed E-state index contributed by atoms with van der Waals surface area (Å²) in [5.41, 5.74) is 0. The standard InChI is InChI=1S/C11H13NO6/c13-8-3-7(4-9(14)17-8)1-2-12-5-10(15)18-11(16)6-12/h7H,1-6H2. The minimum Gasteiger partial charge on any atom is -0.393 e. The normalized spacial score (nSPS) is 22.9. The molecule has 0 aliphatic carbocycles. The summed E-state index contributed by atoms with van der Waals surface area (Å²) >= 11 is 0. The Bertz CT molecular complexity index is 334. The highest BCUT2D eigenvalue weighted by Crippen LogP contribution is 2.21. The molecule has 2 saturated heterocycles. The van der Waals surface area contributed by atoms with Crippen LogP contribution in [0.25, 0.3) is 0 Å². The molecule has 0 aromatic carbocycles. The Hall–Kier alpha value is -1.76. The number of hydrogen-bond acceptors (Lipinski definition) is 7. The number of cyclic esters (lactones) is 4. The first kappa shape index (κ1) is 12.7. The lowest BCUT2D eigenvalue weighted by atomic mass is 9.95. The van der Waals surface area contributed by atoms with Crippen molar-refractivity contribution in [3.05, 3.63) is 0 Å². The number of esters is 4. The summed E-state index contributed by atoms with van der Waals surface area (Å²) in [7, 11) is 0. The highest BCUT2D eigenvalue weighted by molar-refractivity contribution is 5.90. The molecule has 0 atom stereocenters. The Morgan fingerprint density at radius 1 is 0.889 bits per heavy atom. The predicted molar refractivity (Wildman–Crippen MR) is 56.0 cm³/mol. The fourth-order valence-electron chi connectivity index (χ4n) is 2.09. The first-order valence-electron chi connectivity index (χ1n) is 5.72. The van der Waals surface area contributed by atoms with E-state index in [0.717, 1.165) is 0 Å². The SMILES string of the molecule is O=C1CC(CCN2CC(=O)OC(=O)C2)CC(=O)O1. The number of rotatable bonds is 3. The lowest BCUT2D eigenvalue weighted by molar-refractivity contribution is -0.169. The van der Waals surface area contributed by atoms with E-state index >= 15 is 0 Å². The Kier molecular flexibility index (Phi) is 3.71. The third kappa shape index (κ3) is 3.36. The molecule has 18 heavy (non-hydrogen) atoms. The highest BCUT2D eigenvalue weighted by atomic mass is 16.6.